The molecule has 1 aromatic heterocycles. The first-order chi connectivity index (χ1) is 9.17. The highest BCUT2D eigenvalue weighted by atomic mass is 16.2. The Bertz CT molecular complexity index is 603. The van der Waals surface area contributed by atoms with Crippen molar-refractivity contribution in [3.63, 3.8) is 0 Å². The number of carbonyl (C=O) groups excluding carboxylic acids is 1. The predicted octanol–water partition coefficient (Wildman–Crippen LogP) is 2.18. The third kappa shape index (κ3) is 2.59. The van der Waals surface area contributed by atoms with E-state index in [1.807, 2.05) is 13.0 Å². The lowest BCUT2D eigenvalue weighted by atomic mass is 10.1. The van der Waals surface area contributed by atoms with Gasteiger partial charge in [-0.1, -0.05) is 13.0 Å². The zero-order chi connectivity index (χ0) is 13.8. The number of H-pyrrole nitrogens is 1. The second-order valence-corrected chi connectivity index (χ2v) is 4.42. The van der Waals surface area contributed by atoms with Gasteiger partial charge in [0.2, 0.25) is 0 Å². The van der Waals surface area contributed by atoms with Gasteiger partial charge in [-0.3, -0.25) is 9.89 Å². The Labute approximate surface area is 112 Å². The number of nitrogens with zero attached hydrogens (tertiary/aromatic N) is 2. The van der Waals surface area contributed by atoms with Crippen LogP contribution in [0.2, 0.25) is 0 Å². The second-order valence-electron chi connectivity index (χ2n) is 4.42. The molecule has 0 fully saturated rings. The van der Waals surface area contributed by atoms with Crippen molar-refractivity contribution in [1.29, 1.82) is 0 Å². The van der Waals surface area contributed by atoms with Crippen molar-refractivity contribution < 1.29 is 4.79 Å². The van der Waals surface area contributed by atoms with Crippen LogP contribution < -0.4 is 5.73 Å². The van der Waals surface area contributed by atoms with Crippen molar-refractivity contribution in [1.82, 2.24) is 15.1 Å². The van der Waals surface area contributed by atoms with Crippen molar-refractivity contribution in [3.8, 4) is 0 Å². The van der Waals surface area contributed by atoms with E-state index < -0.39 is 0 Å². The first-order valence-corrected chi connectivity index (χ1v) is 6.31. The minimum absolute atomic E-state index is 0.0985. The maximum atomic E-state index is 12.5. The van der Waals surface area contributed by atoms with Gasteiger partial charge >= 0.3 is 0 Å². The molecular weight excluding hydrogens is 240 g/mol. The van der Waals surface area contributed by atoms with Gasteiger partial charge < -0.3 is 10.6 Å². The topological polar surface area (TPSA) is 75.0 Å². The Morgan fingerprint density at radius 2 is 2.37 bits per heavy atom. The number of benzene rings is 1. The molecule has 5 heteroatoms. The average Bonchev–Trinajstić information content (AvgIpc) is 2.80. The molecule has 100 valence electrons. The van der Waals surface area contributed by atoms with E-state index in [4.69, 9.17) is 5.73 Å². The van der Waals surface area contributed by atoms with Crippen LogP contribution in [0.15, 0.2) is 30.9 Å². The summed E-state index contributed by atoms with van der Waals surface area (Å²) in [5, 5.41) is 7.73. The summed E-state index contributed by atoms with van der Waals surface area (Å²) in [7, 11) is 0. The van der Waals surface area contributed by atoms with E-state index in [1.54, 1.807) is 23.1 Å². The fraction of sp³-hybridized carbons (Fsp3) is 0.286. The number of hydrogen-bond acceptors (Lipinski definition) is 3. The van der Waals surface area contributed by atoms with Crippen LogP contribution in [-0.2, 0) is 0 Å². The lowest BCUT2D eigenvalue weighted by Crippen LogP contribution is -2.32. The van der Waals surface area contributed by atoms with Crippen LogP contribution in [0.4, 0.5) is 5.69 Å². The first kappa shape index (κ1) is 13.1. The van der Waals surface area contributed by atoms with Gasteiger partial charge in [0.25, 0.3) is 5.91 Å². The molecule has 5 nitrogen and oxygen atoms in total. The summed E-state index contributed by atoms with van der Waals surface area (Å²) in [6.07, 6.45) is 2.61. The summed E-state index contributed by atoms with van der Waals surface area (Å²) in [5.74, 6) is -0.0985. The monoisotopic (exact) mass is 258 g/mol. The molecule has 0 spiro atoms. The first-order valence-electron chi connectivity index (χ1n) is 6.31. The predicted molar refractivity (Wildman–Crippen MR) is 76.9 cm³/mol. The Morgan fingerprint density at radius 1 is 1.58 bits per heavy atom. The number of nitrogens with one attached hydrogen (secondary N) is 1. The SMILES string of the molecule is C=CCN(CCC)C(=O)c1n[nH]c2ccc(N)cc12. The zero-order valence-electron chi connectivity index (χ0n) is 11.0. The summed E-state index contributed by atoms with van der Waals surface area (Å²) in [6.45, 7) is 6.91. The summed E-state index contributed by atoms with van der Waals surface area (Å²) in [6, 6.07) is 5.37. The molecule has 0 saturated carbocycles. The summed E-state index contributed by atoms with van der Waals surface area (Å²) in [4.78, 5) is 14.2. The standard InChI is InChI=1S/C14H18N4O/c1-3-7-18(8-4-2)14(19)13-11-9-10(15)5-6-12(11)16-17-13/h3,5-6,9H,1,4,7-8,15H2,2H3,(H,16,17). The number of aromatic nitrogens is 2. The average molecular weight is 258 g/mol. The van der Waals surface area contributed by atoms with E-state index >= 15 is 0 Å². The van der Waals surface area contributed by atoms with Gasteiger partial charge in [-0.25, -0.2) is 0 Å². The number of nitrogens with two attached hydrogens (primary N) is 1. The number of anilines is 1. The van der Waals surface area contributed by atoms with Gasteiger partial charge in [0.1, 0.15) is 0 Å². The third-order valence-electron chi connectivity index (χ3n) is 2.92. The fourth-order valence-electron chi connectivity index (χ4n) is 2.05. The normalized spacial score (nSPS) is 10.6. The highest BCUT2D eigenvalue weighted by molar-refractivity contribution is 6.05. The molecule has 0 radical (unpaired) electrons. The largest absolute Gasteiger partial charge is 0.399 e. The van der Waals surface area contributed by atoms with Gasteiger partial charge in [-0.15, -0.1) is 6.58 Å². The van der Waals surface area contributed by atoms with Gasteiger partial charge in [-0.2, -0.15) is 5.10 Å². The molecule has 0 aliphatic carbocycles. The molecule has 0 aliphatic rings. The lowest BCUT2D eigenvalue weighted by Gasteiger charge is -2.19. The van der Waals surface area contributed by atoms with Crippen molar-refractivity contribution in [2.24, 2.45) is 0 Å². The Hall–Kier alpha value is -2.30. The molecular formula is C14H18N4O. The van der Waals surface area contributed by atoms with Crippen molar-refractivity contribution in [2.75, 3.05) is 18.8 Å². The number of fused-ring (bicyclic) bond motifs is 1. The molecule has 1 aromatic carbocycles. The molecule has 1 amide bonds. The molecule has 0 aliphatic heterocycles. The molecule has 0 saturated heterocycles. The molecule has 0 unspecified atom stereocenters. The highest BCUT2D eigenvalue weighted by Gasteiger charge is 2.19. The molecule has 19 heavy (non-hydrogen) atoms. The number of carbonyl (C=O) groups is 1. The Balaban J connectivity index is 2.39. The van der Waals surface area contributed by atoms with Crippen LogP contribution >= 0.6 is 0 Å². The molecule has 2 rings (SSSR count). The highest BCUT2D eigenvalue weighted by Crippen LogP contribution is 2.20. The van der Waals surface area contributed by atoms with Crippen LogP contribution in [0, 0.1) is 0 Å². The van der Waals surface area contributed by atoms with E-state index in [1.165, 1.54) is 0 Å². The summed E-state index contributed by atoms with van der Waals surface area (Å²) >= 11 is 0. The quantitative estimate of drug-likeness (QED) is 0.637. The molecule has 1 heterocycles. The van der Waals surface area contributed by atoms with Crippen LogP contribution in [0.5, 0.6) is 0 Å². The third-order valence-corrected chi connectivity index (χ3v) is 2.92. The number of hydrogen-bond donors (Lipinski definition) is 2. The Kier molecular flexibility index (Phi) is 3.85. The number of rotatable bonds is 5. The molecule has 2 aromatic rings. The summed E-state index contributed by atoms with van der Waals surface area (Å²) < 4.78 is 0. The van der Waals surface area contributed by atoms with E-state index in [0.717, 1.165) is 17.3 Å². The Morgan fingerprint density at radius 3 is 3.05 bits per heavy atom. The van der Waals surface area contributed by atoms with E-state index in [9.17, 15) is 4.79 Å². The van der Waals surface area contributed by atoms with E-state index in [-0.39, 0.29) is 5.91 Å². The number of nitrogen functional groups attached to an aromatic ring is 1. The summed E-state index contributed by atoms with van der Waals surface area (Å²) in [5.41, 5.74) is 7.61. The van der Waals surface area contributed by atoms with Crippen LogP contribution in [0.1, 0.15) is 23.8 Å². The molecule has 0 atom stereocenters. The maximum Gasteiger partial charge on any atom is 0.275 e. The van der Waals surface area contributed by atoms with Crippen LogP contribution in [0.3, 0.4) is 0 Å². The van der Waals surface area contributed by atoms with Crippen molar-refractivity contribution in [2.45, 2.75) is 13.3 Å². The van der Waals surface area contributed by atoms with Gasteiger partial charge in [0, 0.05) is 24.2 Å². The van der Waals surface area contributed by atoms with Gasteiger partial charge in [0.15, 0.2) is 5.69 Å². The van der Waals surface area contributed by atoms with Crippen LogP contribution in [-0.4, -0.2) is 34.1 Å². The number of aromatic amines is 1. The minimum atomic E-state index is -0.0985. The zero-order valence-corrected chi connectivity index (χ0v) is 11.0. The maximum absolute atomic E-state index is 12.5. The number of amides is 1. The van der Waals surface area contributed by atoms with Crippen molar-refractivity contribution >= 4 is 22.5 Å². The second kappa shape index (κ2) is 5.56. The minimum Gasteiger partial charge on any atom is -0.399 e. The fourth-order valence-corrected chi connectivity index (χ4v) is 2.05. The van der Waals surface area contributed by atoms with E-state index in [0.29, 0.717) is 24.5 Å². The van der Waals surface area contributed by atoms with Gasteiger partial charge in [-0.05, 0) is 24.6 Å². The van der Waals surface area contributed by atoms with E-state index in [2.05, 4.69) is 16.8 Å². The molecule has 0 bridgehead atoms. The van der Waals surface area contributed by atoms with Crippen LogP contribution in [0.25, 0.3) is 10.9 Å². The van der Waals surface area contributed by atoms with Crippen molar-refractivity contribution in [3.05, 3.63) is 36.5 Å². The van der Waals surface area contributed by atoms with Gasteiger partial charge in [0.05, 0.1) is 5.52 Å². The smallest absolute Gasteiger partial charge is 0.275 e. The lowest BCUT2D eigenvalue weighted by molar-refractivity contribution is 0.0770. The molecule has 3 N–H and O–H groups in total.